The average molecular weight is 182 g/mol. The van der Waals surface area contributed by atoms with Crippen molar-refractivity contribution >= 4 is 0 Å². The fraction of sp³-hybridized carbons (Fsp3) is 0.818. The predicted molar refractivity (Wildman–Crippen MR) is 51.3 cm³/mol. The van der Waals surface area contributed by atoms with Gasteiger partial charge in [0.25, 0.3) is 0 Å². The summed E-state index contributed by atoms with van der Waals surface area (Å²) in [6, 6.07) is 0. The Kier molecular flexibility index (Phi) is 2.43. The van der Waals surface area contributed by atoms with Crippen molar-refractivity contribution in [2.24, 2.45) is 11.8 Å². The molecule has 0 aromatic rings. The largest absolute Gasteiger partial charge is 0.352 e. The highest BCUT2D eigenvalue weighted by atomic mass is 16.7. The number of hydrogen-bond acceptors (Lipinski definition) is 2. The van der Waals surface area contributed by atoms with E-state index in [0.717, 1.165) is 12.5 Å². The van der Waals surface area contributed by atoms with Gasteiger partial charge in [0.05, 0.1) is 6.61 Å². The number of fused-ring (bicyclic) bond motifs is 1. The van der Waals surface area contributed by atoms with Gasteiger partial charge in [0.15, 0.2) is 6.29 Å². The second-order valence-corrected chi connectivity index (χ2v) is 4.23. The Balaban J connectivity index is 2.25. The first-order valence-corrected chi connectivity index (χ1v) is 5.08. The number of rotatable bonds is 1. The van der Waals surface area contributed by atoms with E-state index in [-0.39, 0.29) is 6.29 Å². The van der Waals surface area contributed by atoms with Gasteiger partial charge in [-0.15, -0.1) is 0 Å². The molecule has 0 unspecified atom stereocenters. The molecule has 2 aliphatic rings. The van der Waals surface area contributed by atoms with Crippen molar-refractivity contribution in [1.29, 1.82) is 0 Å². The Morgan fingerprint density at radius 3 is 2.92 bits per heavy atom. The van der Waals surface area contributed by atoms with Crippen LogP contribution in [0.3, 0.4) is 0 Å². The third kappa shape index (κ3) is 1.42. The van der Waals surface area contributed by atoms with E-state index in [0.29, 0.717) is 5.92 Å². The maximum absolute atomic E-state index is 5.64. The molecule has 0 aromatic heterocycles. The van der Waals surface area contributed by atoms with Gasteiger partial charge in [-0.05, 0) is 31.3 Å². The molecule has 13 heavy (non-hydrogen) atoms. The normalized spacial score (nSPS) is 39.5. The van der Waals surface area contributed by atoms with Crippen LogP contribution in [-0.2, 0) is 9.47 Å². The molecule has 2 heteroatoms. The lowest BCUT2D eigenvalue weighted by molar-refractivity contribution is -0.117. The summed E-state index contributed by atoms with van der Waals surface area (Å²) in [7, 11) is 1.72. The molecule has 1 saturated carbocycles. The molecule has 0 spiro atoms. The molecule has 1 aliphatic heterocycles. The molecule has 2 rings (SSSR count). The van der Waals surface area contributed by atoms with Crippen molar-refractivity contribution in [3.63, 3.8) is 0 Å². The molecule has 1 fully saturated rings. The van der Waals surface area contributed by atoms with Crippen LogP contribution in [0.25, 0.3) is 0 Å². The van der Waals surface area contributed by atoms with E-state index in [1.807, 2.05) is 0 Å². The monoisotopic (exact) mass is 182 g/mol. The summed E-state index contributed by atoms with van der Waals surface area (Å²) in [6.45, 7) is 5.32. The summed E-state index contributed by atoms with van der Waals surface area (Å²) in [5, 5.41) is 0. The highest BCUT2D eigenvalue weighted by Crippen LogP contribution is 2.42. The van der Waals surface area contributed by atoms with Crippen LogP contribution in [0.5, 0.6) is 0 Å². The smallest absolute Gasteiger partial charge is 0.179 e. The summed E-state index contributed by atoms with van der Waals surface area (Å²) in [4.78, 5) is 0. The van der Waals surface area contributed by atoms with E-state index in [4.69, 9.17) is 9.47 Å². The van der Waals surface area contributed by atoms with Gasteiger partial charge in [-0.1, -0.05) is 12.5 Å². The lowest BCUT2D eigenvalue weighted by Gasteiger charge is -2.30. The average Bonchev–Trinajstić information content (AvgIpc) is 2.50. The molecule has 0 bridgehead atoms. The topological polar surface area (TPSA) is 18.5 Å². The van der Waals surface area contributed by atoms with E-state index in [1.165, 1.54) is 18.4 Å². The van der Waals surface area contributed by atoms with Gasteiger partial charge in [0.2, 0.25) is 0 Å². The second kappa shape index (κ2) is 3.43. The molecule has 3 atom stereocenters. The van der Waals surface area contributed by atoms with E-state index in [2.05, 4.69) is 13.8 Å². The van der Waals surface area contributed by atoms with Gasteiger partial charge in [-0.2, -0.15) is 0 Å². The van der Waals surface area contributed by atoms with Crippen molar-refractivity contribution in [1.82, 2.24) is 0 Å². The van der Waals surface area contributed by atoms with Crippen LogP contribution in [0.2, 0.25) is 0 Å². The van der Waals surface area contributed by atoms with Gasteiger partial charge in [0.1, 0.15) is 0 Å². The van der Waals surface area contributed by atoms with Gasteiger partial charge in [-0.25, -0.2) is 0 Å². The first kappa shape index (κ1) is 9.22. The summed E-state index contributed by atoms with van der Waals surface area (Å²) in [6.07, 6.45) is 2.49. The minimum atomic E-state index is -0.0726. The lowest BCUT2D eigenvalue weighted by atomic mass is 9.91. The Hall–Kier alpha value is -0.340. The summed E-state index contributed by atoms with van der Waals surface area (Å²) >= 11 is 0. The van der Waals surface area contributed by atoms with Crippen LogP contribution < -0.4 is 0 Å². The fourth-order valence-electron chi connectivity index (χ4n) is 2.58. The zero-order valence-corrected chi connectivity index (χ0v) is 8.67. The standard InChI is InChI=1S/C11H18O2/c1-7-4-5-9-8(2)11(12-3)13-6-10(7)9/h7,10-11H,4-6H2,1-3H3/t7-,10+,11-/m0/s1. The molecule has 1 aliphatic carbocycles. The minimum Gasteiger partial charge on any atom is -0.352 e. The molecule has 0 saturated heterocycles. The van der Waals surface area contributed by atoms with Gasteiger partial charge in [0, 0.05) is 13.0 Å². The van der Waals surface area contributed by atoms with Crippen LogP contribution in [0.15, 0.2) is 11.1 Å². The molecule has 0 N–H and O–H groups in total. The van der Waals surface area contributed by atoms with Gasteiger partial charge < -0.3 is 9.47 Å². The summed E-state index contributed by atoms with van der Waals surface area (Å²) < 4.78 is 10.9. The Labute approximate surface area is 79.9 Å². The third-order valence-corrected chi connectivity index (χ3v) is 3.50. The van der Waals surface area contributed by atoms with E-state index >= 15 is 0 Å². The van der Waals surface area contributed by atoms with Gasteiger partial charge >= 0.3 is 0 Å². The van der Waals surface area contributed by atoms with Crippen molar-refractivity contribution in [3.8, 4) is 0 Å². The van der Waals surface area contributed by atoms with Crippen molar-refractivity contribution in [2.75, 3.05) is 13.7 Å². The van der Waals surface area contributed by atoms with Crippen molar-refractivity contribution in [3.05, 3.63) is 11.1 Å². The molecule has 1 heterocycles. The minimum absolute atomic E-state index is 0.0726. The van der Waals surface area contributed by atoms with Crippen molar-refractivity contribution < 1.29 is 9.47 Å². The predicted octanol–water partition coefficient (Wildman–Crippen LogP) is 2.35. The molecular weight excluding hydrogens is 164 g/mol. The van der Waals surface area contributed by atoms with E-state index < -0.39 is 0 Å². The van der Waals surface area contributed by atoms with Crippen LogP contribution in [-0.4, -0.2) is 20.0 Å². The SMILES string of the molecule is CO[C@H]1OC[C@H]2C(=C1C)CC[C@@H]2C. The van der Waals surface area contributed by atoms with Crippen LogP contribution in [0, 0.1) is 11.8 Å². The molecular formula is C11H18O2. The zero-order valence-electron chi connectivity index (χ0n) is 8.67. The maximum atomic E-state index is 5.64. The Bertz CT molecular complexity index is 232. The zero-order chi connectivity index (χ0) is 9.42. The Morgan fingerprint density at radius 2 is 2.23 bits per heavy atom. The molecule has 0 radical (unpaired) electrons. The van der Waals surface area contributed by atoms with Crippen molar-refractivity contribution in [2.45, 2.75) is 33.0 Å². The molecule has 0 aromatic carbocycles. The molecule has 2 nitrogen and oxygen atoms in total. The third-order valence-electron chi connectivity index (χ3n) is 3.50. The van der Waals surface area contributed by atoms with Gasteiger partial charge in [-0.3, -0.25) is 0 Å². The van der Waals surface area contributed by atoms with Crippen LogP contribution in [0.4, 0.5) is 0 Å². The maximum Gasteiger partial charge on any atom is 0.179 e. The summed E-state index contributed by atoms with van der Waals surface area (Å²) in [5.74, 6) is 1.47. The quantitative estimate of drug-likeness (QED) is 0.579. The molecule has 0 amide bonds. The summed E-state index contributed by atoms with van der Waals surface area (Å²) in [5.41, 5.74) is 2.92. The van der Waals surface area contributed by atoms with E-state index in [9.17, 15) is 0 Å². The number of methoxy groups -OCH3 is 1. The first-order valence-electron chi connectivity index (χ1n) is 5.08. The molecule has 74 valence electrons. The van der Waals surface area contributed by atoms with Crippen LogP contribution >= 0.6 is 0 Å². The highest BCUT2D eigenvalue weighted by molar-refractivity contribution is 5.24. The van der Waals surface area contributed by atoms with Crippen LogP contribution in [0.1, 0.15) is 26.7 Å². The Morgan fingerprint density at radius 1 is 1.46 bits per heavy atom. The first-order chi connectivity index (χ1) is 6.24. The highest BCUT2D eigenvalue weighted by Gasteiger charge is 2.35. The lowest BCUT2D eigenvalue weighted by Crippen LogP contribution is -2.29. The fourth-order valence-corrected chi connectivity index (χ4v) is 2.58. The second-order valence-electron chi connectivity index (χ2n) is 4.23. The van der Waals surface area contributed by atoms with E-state index in [1.54, 1.807) is 12.7 Å². The number of hydrogen-bond donors (Lipinski definition) is 0. The number of ether oxygens (including phenoxy) is 2.